The minimum atomic E-state index is -2.91. The van der Waals surface area contributed by atoms with Crippen molar-refractivity contribution in [3.05, 3.63) is 63.6 Å². The molecule has 5 nitrogen and oxygen atoms in total. The first-order valence-corrected chi connectivity index (χ1v) is 11.2. The van der Waals surface area contributed by atoms with Crippen LogP contribution in [-0.4, -0.2) is 31.1 Å². The molecule has 27 heavy (non-hydrogen) atoms. The zero-order valence-electron chi connectivity index (χ0n) is 14.5. The summed E-state index contributed by atoms with van der Waals surface area (Å²) < 4.78 is 28.8. The van der Waals surface area contributed by atoms with Crippen LogP contribution in [0.3, 0.4) is 0 Å². The quantitative estimate of drug-likeness (QED) is 0.756. The molecule has 146 valence electrons. The second-order valence-electron chi connectivity index (χ2n) is 6.68. The Kier molecular flexibility index (Phi) is 6.33. The summed E-state index contributed by atoms with van der Waals surface area (Å²) in [5.41, 5.74) is 7.52. The van der Waals surface area contributed by atoms with Gasteiger partial charge in [0.05, 0.1) is 33.7 Å². The fourth-order valence-corrected chi connectivity index (χ4v) is 4.79. The van der Waals surface area contributed by atoms with E-state index < -0.39 is 22.0 Å². The number of nitrogens with two attached hydrogens (primary N) is 1. The molecule has 0 aromatic heterocycles. The van der Waals surface area contributed by atoms with Gasteiger partial charge in [-0.3, -0.25) is 0 Å². The Morgan fingerprint density at radius 1 is 1.00 bits per heavy atom. The molecule has 2 atom stereocenters. The molecule has 0 unspecified atom stereocenters. The normalized spacial score (nSPS) is 19.4. The summed E-state index contributed by atoms with van der Waals surface area (Å²) in [5, 5.41) is 11.3. The Morgan fingerprint density at radius 3 is 2.19 bits per heavy atom. The van der Waals surface area contributed by atoms with Gasteiger partial charge in [-0.05, 0) is 48.2 Å². The van der Waals surface area contributed by atoms with Crippen molar-refractivity contribution in [3.8, 4) is 5.75 Å². The highest BCUT2D eigenvalue weighted by Gasteiger charge is 2.25. The van der Waals surface area contributed by atoms with Gasteiger partial charge in [0.25, 0.3) is 0 Å². The number of hydrogen-bond donors (Lipinski definition) is 2. The monoisotopic (exact) mass is 429 g/mol. The van der Waals surface area contributed by atoms with E-state index in [2.05, 4.69) is 0 Å². The van der Waals surface area contributed by atoms with E-state index in [1.54, 1.807) is 42.5 Å². The fourth-order valence-electron chi connectivity index (χ4n) is 3.03. The number of benzene rings is 2. The van der Waals surface area contributed by atoms with Crippen LogP contribution in [0.4, 0.5) is 0 Å². The summed E-state index contributed by atoms with van der Waals surface area (Å²) >= 11 is 11.9. The molecular weight excluding hydrogens is 409 g/mol. The van der Waals surface area contributed by atoms with Crippen LogP contribution < -0.4 is 10.5 Å². The molecule has 2 aromatic carbocycles. The third-order valence-corrected chi connectivity index (χ3v) is 7.15. The van der Waals surface area contributed by atoms with E-state index in [0.717, 1.165) is 5.56 Å². The number of aliphatic hydroxyl groups is 1. The van der Waals surface area contributed by atoms with E-state index in [1.165, 1.54) is 0 Å². The average Bonchev–Trinajstić information content (AvgIpc) is 2.65. The van der Waals surface area contributed by atoms with Gasteiger partial charge in [0.2, 0.25) is 0 Å². The molecule has 0 aliphatic carbocycles. The summed E-state index contributed by atoms with van der Waals surface area (Å²) in [6.07, 6.45) is -0.0378. The first-order valence-electron chi connectivity index (χ1n) is 8.61. The van der Waals surface area contributed by atoms with Crippen LogP contribution in [0.1, 0.15) is 36.1 Å². The zero-order valence-corrected chi connectivity index (χ0v) is 16.8. The van der Waals surface area contributed by atoms with Crippen LogP contribution in [0.25, 0.3) is 0 Å². The van der Waals surface area contributed by atoms with Gasteiger partial charge in [-0.15, -0.1) is 0 Å². The lowest BCUT2D eigenvalue weighted by Crippen LogP contribution is -2.30. The summed E-state index contributed by atoms with van der Waals surface area (Å²) in [6.45, 7) is 0. The maximum atomic E-state index is 11.5. The van der Waals surface area contributed by atoms with Gasteiger partial charge >= 0.3 is 0 Å². The van der Waals surface area contributed by atoms with Crippen LogP contribution in [0.15, 0.2) is 42.5 Å². The number of hydrogen-bond acceptors (Lipinski definition) is 5. The lowest BCUT2D eigenvalue weighted by atomic mass is 9.96. The summed E-state index contributed by atoms with van der Waals surface area (Å²) in [6, 6.07) is 11.4. The third kappa shape index (κ3) is 5.15. The van der Waals surface area contributed by atoms with E-state index in [1.807, 2.05) is 0 Å². The summed E-state index contributed by atoms with van der Waals surface area (Å²) in [7, 11) is -2.91. The number of halogens is 2. The second-order valence-corrected chi connectivity index (χ2v) is 9.80. The van der Waals surface area contributed by atoms with Gasteiger partial charge in [-0.2, -0.15) is 0 Å². The van der Waals surface area contributed by atoms with Gasteiger partial charge in [0.15, 0.2) is 9.84 Å². The van der Waals surface area contributed by atoms with Crippen molar-refractivity contribution in [1.82, 2.24) is 0 Å². The molecule has 2 aromatic rings. The van der Waals surface area contributed by atoms with Crippen LogP contribution >= 0.6 is 23.2 Å². The second kappa shape index (κ2) is 8.37. The van der Waals surface area contributed by atoms with E-state index in [-0.39, 0.29) is 17.6 Å². The molecule has 1 aliphatic heterocycles. The summed E-state index contributed by atoms with van der Waals surface area (Å²) in [5.74, 6) is 0.978. The SMILES string of the molecule is N[C@@H](c1ccc(OC2CCS(=O)(=O)CC2)cc1)[C@H](O)c1ccc(Cl)c(Cl)c1. The minimum Gasteiger partial charge on any atom is -0.490 e. The van der Waals surface area contributed by atoms with Crippen molar-refractivity contribution >= 4 is 33.0 Å². The van der Waals surface area contributed by atoms with E-state index in [4.69, 9.17) is 33.7 Å². The number of ether oxygens (including phenoxy) is 1. The first kappa shape index (κ1) is 20.4. The predicted molar refractivity (Wildman–Crippen MR) is 107 cm³/mol. The topological polar surface area (TPSA) is 89.6 Å². The molecule has 3 rings (SSSR count). The van der Waals surface area contributed by atoms with Gasteiger partial charge in [0.1, 0.15) is 11.9 Å². The van der Waals surface area contributed by atoms with Crippen LogP contribution in [-0.2, 0) is 9.84 Å². The molecule has 0 saturated carbocycles. The van der Waals surface area contributed by atoms with Crippen molar-refractivity contribution in [2.75, 3.05) is 11.5 Å². The predicted octanol–water partition coefficient (Wildman–Crippen LogP) is 3.68. The lowest BCUT2D eigenvalue weighted by Gasteiger charge is -2.24. The molecule has 0 amide bonds. The maximum absolute atomic E-state index is 11.5. The lowest BCUT2D eigenvalue weighted by molar-refractivity contribution is 0.147. The van der Waals surface area contributed by atoms with Crippen molar-refractivity contribution in [2.24, 2.45) is 5.73 Å². The third-order valence-electron chi connectivity index (χ3n) is 4.69. The van der Waals surface area contributed by atoms with Crippen LogP contribution in [0, 0.1) is 0 Å². The molecule has 1 saturated heterocycles. The number of sulfone groups is 1. The molecule has 0 spiro atoms. The van der Waals surface area contributed by atoms with E-state index in [9.17, 15) is 13.5 Å². The molecule has 3 N–H and O–H groups in total. The van der Waals surface area contributed by atoms with Crippen molar-refractivity contribution in [2.45, 2.75) is 31.1 Å². The van der Waals surface area contributed by atoms with E-state index >= 15 is 0 Å². The van der Waals surface area contributed by atoms with Gasteiger partial charge < -0.3 is 15.6 Å². The Hall–Kier alpha value is -1.31. The van der Waals surface area contributed by atoms with Crippen molar-refractivity contribution in [3.63, 3.8) is 0 Å². The van der Waals surface area contributed by atoms with Crippen LogP contribution in [0.5, 0.6) is 5.75 Å². The molecule has 0 radical (unpaired) electrons. The Morgan fingerprint density at radius 2 is 1.59 bits per heavy atom. The Bertz CT molecular complexity index is 888. The highest BCUT2D eigenvalue weighted by Crippen LogP contribution is 2.32. The largest absolute Gasteiger partial charge is 0.490 e. The number of rotatable bonds is 5. The van der Waals surface area contributed by atoms with Gasteiger partial charge in [0, 0.05) is 0 Å². The van der Waals surface area contributed by atoms with Crippen LogP contribution in [0.2, 0.25) is 10.0 Å². The fraction of sp³-hybridized carbons (Fsp3) is 0.368. The maximum Gasteiger partial charge on any atom is 0.150 e. The molecule has 8 heteroatoms. The van der Waals surface area contributed by atoms with Crippen molar-refractivity contribution in [1.29, 1.82) is 0 Å². The number of aliphatic hydroxyl groups excluding tert-OH is 1. The average molecular weight is 430 g/mol. The molecule has 1 fully saturated rings. The zero-order chi connectivity index (χ0) is 19.6. The first-order chi connectivity index (χ1) is 12.7. The Labute approximate surface area is 169 Å². The smallest absolute Gasteiger partial charge is 0.150 e. The van der Waals surface area contributed by atoms with E-state index in [0.29, 0.717) is 34.2 Å². The van der Waals surface area contributed by atoms with Gasteiger partial charge in [-0.1, -0.05) is 41.4 Å². The molecular formula is C19H21Cl2NO4S. The van der Waals surface area contributed by atoms with Gasteiger partial charge in [-0.25, -0.2) is 8.42 Å². The van der Waals surface area contributed by atoms with Crippen molar-refractivity contribution < 1.29 is 18.3 Å². The minimum absolute atomic E-state index is 0.102. The highest BCUT2D eigenvalue weighted by molar-refractivity contribution is 7.91. The molecule has 1 heterocycles. The highest BCUT2D eigenvalue weighted by atomic mass is 35.5. The molecule has 1 aliphatic rings. The Balaban J connectivity index is 1.64. The summed E-state index contributed by atoms with van der Waals surface area (Å²) in [4.78, 5) is 0. The molecule has 0 bridgehead atoms. The standard InChI is InChI=1S/C19H21Cl2NO4S/c20-16-6-3-13(11-17(16)21)19(23)18(22)12-1-4-14(5-2-12)26-15-7-9-27(24,25)10-8-15/h1-6,11,15,18-19,23H,7-10,22H2/t18-,19+/m0/s1.